The van der Waals surface area contributed by atoms with Crippen molar-refractivity contribution in [3.63, 3.8) is 0 Å². The highest BCUT2D eigenvalue weighted by molar-refractivity contribution is 7.92. The Bertz CT molecular complexity index is 697. The number of anilines is 1. The molecule has 0 unspecified atom stereocenters. The highest BCUT2D eigenvalue weighted by Crippen LogP contribution is 2.32. The molecule has 1 aromatic rings. The summed E-state index contributed by atoms with van der Waals surface area (Å²) in [5.41, 5.74) is -1.43. The Balaban J connectivity index is 3.34. The fraction of sp³-hybridized carbons (Fsp3) is 0.308. The largest absolute Gasteiger partial charge is 0.416 e. The van der Waals surface area contributed by atoms with E-state index >= 15 is 0 Å². The molecule has 1 rings (SSSR count). The minimum absolute atomic E-state index is 0.239. The second kappa shape index (κ2) is 6.39. The quantitative estimate of drug-likeness (QED) is 0.868. The third-order valence-electron chi connectivity index (χ3n) is 2.60. The lowest BCUT2D eigenvalue weighted by molar-refractivity contribution is -0.137. The van der Waals surface area contributed by atoms with E-state index in [0.29, 0.717) is 24.3 Å². The van der Waals surface area contributed by atoms with Crippen molar-refractivity contribution in [3.05, 3.63) is 41.6 Å². The molecule has 0 spiro atoms. The predicted octanol–water partition coefficient (Wildman–Crippen LogP) is 2.73. The smallest absolute Gasteiger partial charge is 0.326 e. The van der Waals surface area contributed by atoms with Gasteiger partial charge in [-0.3, -0.25) is 9.52 Å². The van der Waals surface area contributed by atoms with Crippen LogP contribution in [0.15, 0.2) is 30.5 Å². The van der Waals surface area contributed by atoms with Crippen molar-refractivity contribution in [2.24, 2.45) is 0 Å². The van der Waals surface area contributed by atoms with Crippen LogP contribution < -0.4 is 10.0 Å². The Hall–Kier alpha value is -2.03. The summed E-state index contributed by atoms with van der Waals surface area (Å²) < 4.78 is 62.7. The van der Waals surface area contributed by atoms with Crippen LogP contribution in [0.4, 0.5) is 18.9 Å². The van der Waals surface area contributed by atoms with E-state index in [9.17, 15) is 26.4 Å². The maximum absolute atomic E-state index is 12.7. The number of carbonyl (C=O) groups excluding carboxylic acids is 1. The number of sulfonamides is 1. The molecule has 0 fully saturated rings. The van der Waals surface area contributed by atoms with Crippen LogP contribution in [0.1, 0.15) is 29.3 Å². The van der Waals surface area contributed by atoms with Crippen LogP contribution in [-0.2, 0) is 16.2 Å². The van der Waals surface area contributed by atoms with Gasteiger partial charge in [-0.05, 0) is 24.6 Å². The standard InChI is InChI=1S/C13H15F3N2O3S/c1-4-8(2)17-12(19)10-7-9(13(14,15)16)5-6-11(10)18-22(3,20)21/h5-7,18H,2,4H2,1,3H3,(H,17,19). The maximum atomic E-state index is 12.7. The average Bonchev–Trinajstić information content (AvgIpc) is 2.35. The van der Waals surface area contributed by atoms with Crippen LogP contribution in [0.3, 0.4) is 0 Å². The topological polar surface area (TPSA) is 75.3 Å². The van der Waals surface area contributed by atoms with Crippen molar-refractivity contribution in [1.29, 1.82) is 0 Å². The minimum atomic E-state index is -4.65. The first kappa shape index (κ1) is 18.0. The Morgan fingerprint density at radius 1 is 1.32 bits per heavy atom. The van der Waals surface area contributed by atoms with Gasteiger partial charge in [0.25, 0.3) is 5.91 Å². The third kappa shape index (κ3) is 5.06. The zero-order chi connectivity index (χ0) is 17.1. The van der Waals surface area contributed by atoms with Gasteiger partial charge in [0.05, 0.1) is 23.1 Å². The summed E-state index contributed by atoms with van der Waals surface area (Å²) in [5.74, 6) is -0.871. The molecule has 0 aromatic heterocycles. The molecule has 1 aromatic carbocycles. The molecule has 0 aliphatic heterocycles. The van der Waals surface area contributed by atoms with E-state index in [1.54, 1.807) is 6.92 Å². The minimum Gasteiger partial charge on any atom is -0.326 e. The maximum Gasteiger partial charge on any atom is 0.416 e. The Kier molecular flexibility index (Phi) is 5.23. The van der Waals surface area contributed by atoms with E-state index in [4.69, 9.17) is 0 Å². The second-order valence-electron chi connectivity index (χ2n) is 4.54. The van der Waals surface area contributed by atoms with Crippen LogP contribution in [0, 0.1) is 0 Å². The van der Waals surface area contributed by atoms with E-state index < -0.39 is 33.2 Å². The summed E-state index contributed by atoms with van der Waals surface area (Å²) in [6.07, 6.45) is -3.43. The summed E-state index contributed by atoms with van der Waals surface area (Å²) in [4.78, 5) is 12.0. The number of amides is 1. The predicted molar refractivity (Wildman–Crippen MR) is 76.8 cm³/mol. The number of alkyl halides is 3. The van der Waals surface area contributed by atoms with E-state index in [0.717, 1.165) is 12.3 Å². The lowest BCUT2D eigenvalue weighted by atomic mass is 10.1. The molecule has 0 radical (unpaired) electrons. The molecule has 1 amide bonds. The highest BCUT2D eigenvalue weighted by Gasteiger charge is 2.32. The molecule has 2 N–H and O–H groups in total. The molecule has 0 atom stereocenters. The van der Waals surface area contributed by atoms with Gasteiger partial charge in [-0.15, -0.1) is 0 Å². The molecule has 22 heavy (non-hydrogen) atoms. The lowest BCUT2D eigenvalue weighted by Crippen LogP contribution is -2.24. The average molecular weight is 336 g/mol. The van der Waals surface area contributed by atoms with Crippen LogP contribution in [0.2, 0.25) is 0 Å². The van der Waals surface area contributed by atoms with Gasteiger partial charge in [0.1, 0.15) is 0 Å². The molecule has 122 valence electrons. The summed E-state index contributed by atoms with van der Waals surface area (Å²) in [6, 6.07) is 2.18. The zero-order valence-electron chi connectivity index (χ0n) is 11.9. The summed E-state index contributed by atoms with van der Waals surface area (Å²) in [5, 5.41) is 2.32. The molecule has 0 aliphatic rings. The van der Waals surface area contributed by atoms with Crippen molar-refractivity contribution in [2.45, 2.75) is 19.5 Å². The highest BCUT2D eigenvalue weighted by atomic mass is 32.2. The number of carbonyl (C=O) groups is 1. The summed E-state index contributed by atoms with van der Waals surface area (Å²) >= 11 is 0. The molecule has 5 nitrogen and oxygen atoms in total. The number of halogens is 3. The number of nitrogens with one attached hydrogen (secondary N) is 2. The van der Waals surface area contributed by atoms with Gasteiger partial charge in [0, 0.05) is 5.70 Å². The SMILES string of the molecule is C=C(CC)NC(=O)c1cc(C(F)(F)F)ccc1NS(C)(=O)=O. The van der Waals surface area contributed by atoms with E-state index in [1.807, 2.05) is 4.72 Å². The molecule has 0 saturated carbocycles. The molecule has 0 aliphatic carbocycles. The van der Waals surface area contributed by atoms with Crippen molar-refractivity contribution in [2.75, 3.05) is 11.0 Å². The fourth-order valence-corrected chi connectivity index (χ4v) is 2.09. The number of hydrogen-bond donors (Lipinski definition) is 2. The van der Waals surface area contributed by atoms with Gasteiger partial charge in [0.15, 0.2) is 0 Å². The van der Waals surface area contributed by atoms with E-state index in [-0.39, 0.29) is 5.69 Å². The van der Waals surface area contributed by atoms with Crippen molar-refractivity contribution in [1.82, 2.24) is 5.32 Å². The zero-order valence-corrected chi connectivity index (χ0v) is 12.7. The number of rotatable bonds is 5. The normalized spacial score (nSPS) is 11.9. The summed E-state index contributed by atoms with van der Waals surface area (Å²) in [6.45, 7) is 5.22. The first-order valence-corrected chi connectivity index (χ1v) is 8.01. The van der Waals surface area contributed by atoms with Gasteiger partial charge in [-0.25, -0.2) is 8.42 Å². The molecule has 0 bridgehead atoms. The van der Waals surface area contributed by atoms with Crippen molar-refractivity contribution >= 4 is 21.6 Å². The van der Waals surface area contributed by atoms with Gasteiger partial charge in [0.2, 0.25) is 10.0 Å². The van der Waals surface area contributed by atoms with Crippen LogP contribution in [0.5, 0.6) is 0 Å². The van der Waals surface area contributed by atoms with Gasteiger partial charge in [-0.1, -0.05) is 13.5 Å². The van der Waals surface area contributed by atoms with Crippen LogP contribution >= 0.6 is 0 Å². The van der Waals surface area contributed by atoms with Gasteiger partial charge in [-0.2, -0.15) is 13.2 Å². The van der Waals surface area contributed by atoms with E-state index in [1.165, 1.54) is 0 Å². The fourth-order valence-electron chi connectivity index (χ4n) is 1.51. The molecule has 0 saturated heterocycles. The molecular formula is C13H15F3N2O3S. The van der Waals surface area contributed by atoms with Crippen LogP contribution in [0.25, 0.3) is 0 Å². The Morgan fingerprint density at radius 2 is 1.91 bits per heavy atom. The van der Waals surface area contributed by atoms with Crippen molar-refractivity contribution < 1.29 is 26.4 Å². The van der Waals surface area contributed by atoms with Crippen LogP contribution in [-0.4, -0.2) is 20.6 Å². The second-order valence-corrected chi connectivity index (χ2v) is 6.29. The van der Waals surface area contributed by atoms with Gasteiger partial charge < -0.3 is 5.32 Å². The molecule has 9 heteroatoms. The molecule has 0 heterocycles. The summed E-state index contributed by atoms with van der Waals surface area (Å²) in [7, 11) is -3.75. The number of benzene rings is 1. The lowest BCUT2D eigenvalue weighted by Gasteiger charge is -2.14. The van der Waals surface area contributed by atoms with Crippen molar-refractivity contribution in [3.8, 4) is 0 Å². The number of hydrogen-bond acceptors (Lipinski definition) is 3. The van der Waals surface area contributed by atoms with E-state index in [2.05, 4.69) is 11.9 Å². The number of allylic oxidation sites excluding steroid dienone is 1. The van der Waals surface area contributed by atoms with Gasteiger partial charge >= 0.3 is 6.18 Å². The Morgan fingerprint density at radius 3 is 2.36 bits per heavy atom. The third-order valence-corrected chi connectivity index (χ3v) is 3.19. The first-order valence-electron chi connectivity index (χ1n) is 6.12. The monoisotopic (exact) mass is 336 g/mol. The first-order chi connectivity index (χ1) is 9.94. The molecular weight excluding hydrogens is 321 g/mol. The Labute approximate surface area is 126 Å².